The molecule has 3 heteroatoms. The van der Waals surface area contributed by atoms with Crippen molar-refractivity contribution in [1.29, 1.82) is 0 Å². The normalized spacial score (nSPS) is 7.23. The van der Waals surface area contributed by atoms with Crippen LogP contribution in [0.4, 0.5) is 0 Å². The van der Waals surface area contributed by atoms with Gasteiger partial charge in [0.1, 0.15) is 5.78 Å². The number of Topliss-reactive ketones (excluding diaryl/α,β-unsaturated/α-hetero) is 1. The molecular weight excluding hydrogens is 259 g/mol. The molecule has 2 nitrogen and oxygen atoms in total. The van der Waals surface area contributed by atoms with E-state index in [9.17, 15) is 9.59 Å². The van der Waals surface area contributed by atoms with Crippen molar-refractivity contribution in [2.45, 2.75) is 13.8 Å². The van der Waals surface area contributed by atoms with Crippen molar-refractivity contribution in [3.63, 3.8) is 0 Å². The summed E-state index contributed by atoms with van der Waals surface area (Å²) in [5.41, 5.74) is 0.604. The first-order valence-electron chi connectivity index (χ1n) is 3.57. The maximum atomic E-state index is 9.88. The third-order valence-electron chi connectivity index (χ3n) is 0.892. The molecule has 13 heavy (non-hydrogen) atoms. The summed E-state index contributed by atoms with van der Waals surface area (Å²) in [6.07, 6.45) is 1.78. The molecule has 0 atom stereocenters. The van der Waals surface area contributed by atoms with E-state index in [0.29, 0.717) is 5.56 Å². The Hall–Kier alpha value is -0.778. The fraction of sp³-hybridized carbons (Fsp3) is 0.200. The van der Waals surface area contributed by atoms with E-state index >= 15 is 0 Å². The number of benzene rings is 1. The molecule has 0 aliphatic rings. The summed E-state index contributed by atoms with van der Waals surface area (Å²) in [5.74, 6) is 0.167. The maximum absolute atomic E-state index is 9.88. The zero-order chi connectivity index (χ0) is 9.40. The SMILES string of the molecule is CC(C)=O.O=[C-]c1ccccc1.[Pd]. The Morgan fingerprint density at radius 3 is 1.77 bits per heavy atom. The quantitative estimate of drug-likeness (QED) is 0.575. The Morgan fingerprint density at radius 1 is 1.15 bits per heavy atom. The van der Waals surface area contributed by atoms with Gasteiger partial charge in [0.15, 0.2) is 0 Å². The molecular formula is C10H11O2Pd-. The molecule has 0 heterocycles. The standard InChI is InChI=1S/C7H5O.C3H6O.Pd/c8-6-7-4-2-1-3-5-7;1-3(2)4;/h1-5H;1-2H3;/q-1;;. The smallest absolute Gasteiger partial charge is 0.126 e. The zero-order valence-electron chi connectivity index (χ0n) is 7.52. The molecule has 0 fully saturated rings. The first-order valence-corrected chi connectivity index (χ1v) is 3.57. The van der Waals surface area contributed by atoms with Gasteiger partial charge in [-0.3, -0.25) is 0 Å². The van der Waals surface area contributed by atoms with Crippen LogP contribution in [-0.2, 0) is 30.0 Å². The van der Waals surface area contributed by atoms with Gasteiger partial charge in [-0.05, 0) is 13.8 Å². The molecule has 0 radical (unpaired) electrons. The second-order valence-corrected chi connectivity index (χ2v) is 2.38. The fourth-order valence-corrected chi connectivity index (χ4v) is 0.506. The van der Waals surface area contributed by atoms with Crippen LogP contribution < -0.4 is 0 Å². The summed E-state index contributed by atoms with van der Waals surface area (Å²) in [4.78, 5) is 19.3. The van der Waals surface area contributed by atoms with Crippen molar-refractivity contribution < 1.29 is 30.0 Å². The summed E-state index contributed by atoms with van der Waals surface area (Å²) in [5, 5.41) is 0. The van der Waals surface area contributed by atoms with E-state index in [0.717, 1.165) is 0 Å². The van der Waals surface area contributed by atoms with Crippen LogP contribution in [0.5, 0.6) is 0 Å². The van der Waals surface area contributed by atoms with Gasteiger partial charge in [-0.2, -0.15) is 17.7 Å². The van der Waals surface area contributed by atoms with Crippen LogP contribution in [0.3, 0.4) is 0 Å². The molecule has 1 rings (SSSR count). The van der Waals surface area contributed by atoms with Crippen LogP contribution in [-0.4, -0.2) is 12.1 Å². The Morgan fingerprint density at radius 2 is 1.54 bits per heavy atom. The topological polar surface area (TPSA) is 34.1 Å². The van der Waals surface area contributed by atoms with E-state index < -0.39 is 0 Å². The molecule has 0 aliphatic heterocycles. The number of ketones is 1. The molecule has 0 unspecified atom stereocenters. The van der Waals surface area contributed by atoms with Crippen molar-refractivity contribution in [1.82, 2.24) is 0 Å². The number of hydrogen-bond donors (Lipinski definition) is 0. The molecule has 0 bridgehead atoms. The zero-order valence-corrected chi connectivity index (χ0v) is 9.07. The van der Waals surface area contributed by atoms with E-state index in [1.54, 1.807) is 30.6 Å². The van der Waals surface area contributed by atoms with E-state index in [1.807, 2.05) is 6.07 Å². The molecule has 74 valence electrons. The summed E-state index contributed by atoms with van der Waals surface area (Å²) in [7, 11) is 0. The van der Waals surface area contributed by atoms with E-state index in [4.69, 9.17) is 0 Å². The van der Waals surface area contributed by atoms with Crippen LogP contribution in [0.2, 0.25) is 0 Å². The Bertz CT molecular complexity index is 240. The van der Waals surface area contributed by atoms with Crippen LogP contribution in [0.15, 0.2) is 30.3 Å². The first-order chi connectivity index (χ1) is 5.66. The summed E-state index contributed by atoms with van der Waals surface area (Å²) in [6.45, 7) is 3.06. The van der Waals surface area contributed by atoms with Gasteiger partial charge in [0.25, 0.3) is 0 Å². The third-order valence-corrected chi connectivity index (χ3v) is 0.892. The minimum Gasteiger partial charge on any atom is -0.376 e. The predicted octanol–water partition coefficient (Wildman–Crippen LogP) is 1.74. The number of carbonyl (C=O) groups is 1. The molecule has 1 aromatic carbocycles. The van der Waals surface area contributed by atoms with E-state index in [1.165, 1.54) is 13.8 Å². The third kappa shape index (κ3) is 11.2. The van der Waals surface area contributed by atoms with Gasteiger partial charge >= 0.3 is 0 Å². The molecule has 0 saturated carbocycles. The maximum Gasteiger partial charge on any atom is 0.126 e. The van der Waals surface area contributed by atoms with Crippen LogP contribution >= 0.6 is 0 Å². The van der Waals surface area contributed by atoms with E-state index in [2.05, 4.69) is 0 Å². The summed E-state index contributed by atoms with van der Waals surface area (Å²) in [6, 6.07) is 8.90. The number of carbonyl (C=O) groups excluding carboxylic acids is 2. The predicted molar refractivity (Wildman–Crippen MR) is 47.6 cm³/mol. The van der Waals surface area contributed by atoms with Crippen molar-refractivity contribution in [3.05, 3.63) is 35.9 Å². The summed E-state index contributed by atoms with van der Waals surface area (Å²) >= 11 is 0. The van der Waals surface area contributed by atoms with Gasteiger partial charge < -0.3 is 9.59 Å². The van der Waals surface area contributed by atoms with Gasteiger partial charge in [-0.15, -0.1) is 12.1 Å². The van der Waals surface area contributed by atoms with Gasteiger partial charge in [-0.25, -0.2) is 0 Å². The van der Waals surface area contributed by atoms with Crippen molar-refractivity contribution in [2.75, 3.05) is 0 Å². The van der Waals surface area contributed by atoms with Gasteiger partial charge in [-0.1, -0.05) is 6.07 Å². The van der Waals surface area contributed by atoms with Crippen LogP contribution in [0.1, 0.15) is 19.4 Å². The van der Waals surface area contributed by atoms with Crippen molar-refractivity contribution in [2.24, 2.45) is 0 Å². The molecule has 0 saturated heterocycles. The average Bonchev–Trinajstić information content (AvgIpc) is 2.05. The second kappa shape index (κ2) is 9.31. The van der Waals surface area contributed by atoms with Gasteiger partial charge in [0, 0.05) is 20.4 Å². The Kier molecular flexibility index (Phi) is 10.6. The minimum absolute atomic E-state index is 0. The number of hydrogen-bond acceptors (Lipinski definition) is 2. The molecule has 0 N–H and O–H groups in total. The fourth-order valence-electron chi connectivity index (χ4n) is 0.506. The largest absolute Gasteiger partial charge is 0.376 e. The van der Waals surface area contributed by atoms with Gasteiger partial charge in [0.2, 0.25) is 0 Å². The minimum atomic E-state index is 0. The Balaban J connectivity index is 0. The molecule has 0 amide bonds. The van der Waals surface area contributed by atoms with E-state index in [-0.39, 0.29) is 26.2 Å². The van der Waals surface area contributed by atoms with Gasteiger partial charge in [0.05, 0.1) is 6.29 Å². The molecule has 0 aliphatic carbocycles. The van der Waals surface area contributed by atoms with Crippen LogP contribution in [0, 0.1) is 0 Å². The molecule has 0 spiro atoms. The second-order valence-electron chi connectivity index (χ2n) is 2.38. The van der Waals surface area contributed by atoms with Crippen LogP contribution in [0.25, 0.3) is 0 Å². The molecule has 1 aromatic rings. The average molecular weight is 270 g/mol. The Labute approximate surface area is 92.0 Å². The monoisotopic (exact) mass is 269 g/mol. The van der Waals surface area contributed by atoms with Crippen molar-refractivity contribution >= 4 is 12.1 Å². The van der Waals surface area contributed by atoms with Crippen molar-refractivity contribution in [3.8, 4) is 0 Å². The first kappa shape index (κ1) is 14.7. The molecule has 0 aromatic heterocycles. The summed E-state index contributed by atoms with van der Waals surface area (Å²) < 4.78 is 0. The number of rotatable bonds is 1.